The normalized spacial score (nSPS) is 18.1. The van der Waals surface area contributed by atoms with E-state index in [2.05, 4.69) is 5.32 Å². The van der Waals surface area contributed by atoms with E-state index in [0.717, 1.165) is 16.9 Å². The fraction of sp³-hybridized carbons (Fsp3) is 0.333. The van der Waals surface area contributed by atoms with Crippen molar-refractivity contribution in [2.75, 3.05) is 11.9 Å². The lowest BCUT2D eigenvalue weighted by molar-refractivity contribution is 0.0193. The highest BCUT2D eigenvalue weighted by molar-refractivity contribution is 6.31. The first kappa shape index (κ1) is 21.4. The molecule has 2 aliphatic heterocycles. The summed E-state index contributed by atoms with van der Waals surface area (Å²) in [5, 5.41) is 3.91. The van der Waals surface area contributed by atoms with Crippen molar-refractivity contribution in [2.45, 2.75) is 45.8 Å². The van der Waals surface area contributed by atoms with Crippen LogP contribution in [0.5, 0.6) is 0 Å². The highest BCUT2D eigenvalue weighted by Crippen LogP contribution is 2.38. The average Bonchev–Trinajstić information content (AvgIpc) is 2.82. The fourth-order valence-electron chi connectivity index (χ4n) is 3.76. The van der Waals surface area contributed by atoms with Crippen LogP contribution in [0.4, 0.5) is 26.2 Å². The summed E-state index contributed by atoms with van der Waals surface area (Å²) in [6.07, 6.45) is 2.19. The van der Waals surface area contributed by atoms with Gasteiger partial charge in [0.1, 0.15) is 11.4 Å². The number of amides is 1. The van der Waals surface area contributed by atoms with Crippen LogP contribution in [0.3, 0.4) is 0 Å². The van der Waals surface area contributed by atoms with E-state index in [4.69, 9.17) is 21.3 Å². The Hall–Kier alpha value is -2.86. The van der Waals surface area contributed by atoms with Crippen LogP contribution < -0.4 is 5.32 Å². The molecule has 7 heteroatoms. The van der Waals surface area contributed by atoms with E-state index >= 15 is 0 Å². The second kappa shape index (κ2) is 8.00. The van der Waals surface area contributed by atoms with Gasteiger partial charge in [0, 0.05) is 28.9 Å². The van der Waals surface area contributed by atoms with Gasteiger partial charge in [-0.15, -0.1) is 0 Å². The largest absolute Gasteiger partial charge is 0.444 e. The monoisotopic (exact) mass is 441 g/mol. The van der Waals surface area contributed by atoms with Crippen LogP contribution in [-0.4, -0.2) is 34.9 Å². The summed E-state index contributed by atoms with van der Waals surface area (Å²) < 4.78 is 19.7. The van der Waals surface area contributed by atoms with Crippen molar-refractivity contribution in [3.8, 4) is 0 Å². The van der Waals surface area contributed by atoms with E-state index in [1.807, 2.05) is 39.8 Å². The van der Waals surface area contributed by atoms with Crippen LogP contribution >= 0.6 is 11.6 Å². The Labute approximate surface area is 186 Å². The molecule has 1 unspecified atom stereocenters. The molecule has 2 aromatic carbocycles. The number of aliphatic imine (C=N–C) groups is 1. The van der Waals surface area contributed by atoms with Gasteiger partial charge in [-0.3, -0.25) is 0 Å². The number of benzene rings is 2. The van der Waals surface area contributed by atoms with Gasteiger partial charge >= 0.3 is 6.09 Å². The summed E-state index contributed by atoms with van der Waals surface area (Å²) in [4.78, 5) is 19.1. The third-order valence-electron chi connectivity index (χ3n) is 5.21. The van der Waals surface area contributed by atoms with Gasteiger partial charge in [-0.25, -0.2) is 14.2 Å². The summed E-state index contributed by atoms with van der Waals surface area (Å²) in [6, 6.07) is 9.96. The summed E-state index contributed by atoms with van der Waals surface area (Å²) in [5.41, 5.74) is 4.00. The molecule has 0 saturated carbocycles. The van der Waals surface area contributed by atoms with Crippen molar-refractivity contribution in [3.63, 3.8) is 0 Å². The van der Waals surface area contributed by atoms with Gasteiger partial charge in [0.15, 0.2) is 0 Å². The Morgan fingerprint density at radius 1 is 1.23 bits per heavy atom. The van der Waals surface area contributed by atoms with Crippen LogP contribution in [0.1, 0.15) is 39.7 Å². The van der Waals surface area contributed by atoms with Gasteiger partial charge in [-0.05, 0) is 76.1 Å². The zero-order chi connectivity index (χ0) is 22.3. The average molecular weight is 442 g/mol. The van der Waals surface area contributed by atoms with E-state index in [9.17, 15) is 9.18 Å². The van der Waals surface area contributed by atoms with E-state index < -0.39 is 5.60 Å². The zero-order valence-corrected chi connectivity index (χ0v) is 18.8. The van der Waals surface area contributed by atoms with Crippen molar-refractivity contribution < 1.29 is 13.9 Å². The minimum absolute atomic E-state index is 0.0930. The third kappa shape index (κ3) is 4.59. The number of rotatable bonds is 1. The van der Waals surface area contributed by atoms with Gasteiger partial charge in [-0.2, -0.15) is 0 Å². The fourth-order valence-corrected chi connectivity index (χ4v) is 3.93. The Bertz CT molecular complexity index is 1100. The lowest BCUT2D eigenvalue weighted by atomic mass is 9.92. The molecule has 0 saturated heterocycles. The molecule has 4 rings (SSSR count). The molecule has 5 nitrogen and oxygen atoms in total. The van der Waals surface area contributed by atoms with E-state index in [1.165, 1.54) is 12.1 Å². The second-order valence-electron chi connectivity index (χ2n) is 8.85. The van der Waals surface area contributed by atoms with Gasteiger partial charge in [0.05, 0.1) is 17.1 Å². The molecule has 0 radical (unpaired) electrons. The SMILES string of the molecule is CC1CC(C2=Nc3cc(Cl)ccc3Nc3ccc(F)cc32)=CCN1C(=O)OC(C)(C)C. The summed E-state index contributed by atoms with van der Waals surface area (Å²) in [6.45, 7) is 7.92. The van der Waals surface area contributed by atoms with Crippen molar-refractivity contribution in [1.29, 1.82) is 0 Å². The standard InChI is InChI=1S/C24H25ClFN3O2/c1-14-11-15(9-10-29(14)23(30)31-24(2,3)4)22-18-13-17(26)6-8-19(18)27-20-7-5-16(25)12-21(20)28-22/h5-9,12-14,27H,10-11H2,1-4H3. The lowest BCUT2D eigenvalue weighted by Gasteiger charge is -2.34. The van der Waals surface area contributed by atoms with Crippen LogP contribution in [0.25, 0.3) is 0 Å². The molecule has 2 heterocycles. The first-order valence-electron chi connectivity index (χ1n) is 10.2. The van der Waals surface area contributed by atoms with E-state index in [0.29, 0.717) is 35.0 Å². The van der Waals surface area contributed by atoms with Crippen LogP contribution in [0, 0.1) is 5.82 Å². The van der Waals surface area contributed by atoms with Crippen LogP contribution in [0.15, 0.2) is 53.0 Å². The second-order valence-corrected chi connectivity index (χ2v) is 9.29. The van der Waals surface area contributed by atoms with Crippen LogP contribution in [-0.2, 0) is 4.74 Å². The quantitative estimate of drug-likeness (QED) is 0.541. The first-order chi connectivity index (χ1) is 14.6. The molecule has 0 bridgehead atoms. The predicted molar refractivity (Wildman–Crippen MR) is 122 cm³/mol. The number of hydrogen-bond donors (Lipinski definition) is 1. The molecule has 0 spiro atoms. The molecule has 2 aliphatic rings. The van der Waals surface area contributed by atoms with Crippen molar-refractivity contribution >= 4 is 40.5 Å². The third-order valence-corrected chi connectivity index (χ3v) is 5.45. The number of nitrogens with one attached hydrogen (secondary N) is 1. The molecule has 0 aromatic heterocycles. The number of nitrogens with zero attached hydrogens (tertiary/aromatic N) is 2. The molecule has 1 amide bonds. The number of halogens is 2. The van der Waals surface area contributed by atoms with Gasteiger partial charge in [0.2, 0.25) is 0 Å². The number of carbonyl (C=O) groups is 1. The Morgan fingerprint density at radius 2 is 1.97 bits per heavy atom. The zero-order valence-electron chi connectivity index (χ0n) is 18.0. The minimum atomic E-state index is -0.558. The molecule has 0 aliphatic carbocycles. The number of hydrogen-bond acceptors (Lipinski definition) is 4. The molecule has 0 fully saturated rings. The molecule has 31 heavy (non-hydrogen) atoms. The number of fused-ring (bicyclic) bond motifs is 2. The lowest BCUT2D eigenvalue weighted by Crippen LogP contribution is -2.44. The molecule has 162 valence electrons. The maximum Gasteiger partial charge on any atom is 0.410 e. The number of anilines is 2. The molecule has 1 atom stereocenters. The number of carbonyl (C=O) groups excluding carboxylic acids is 1. The molecule has 1 N–H and O–H groups in total. The Balaban J connectivity index is 1.74. The first-order valence-corrected chi connectivity index (χ1v) is 10.6. The van der Waals surface area contributed by atoms with Crippen molar-refractivity contribution in [1.82, 2.24) is 4.90 Å². The minimum Gasteiger partial charge on any atom is -0.444 e. The summed E-state index contributed by atoms with van der Waals surface area (Å²) in [7, 11) is 0. The van der Waals surface area contributed by atoms with Crippen LogP contribution in [0.2, 0.25) is 5.02 Å². The van der Waals surface area contributed by atoms with Crippen molar-refractivity contribution in [2.24, 2.45) is 4.99 Å². The van der Waals surface area contributed by atoms with Gasteiger partial charge in [0.25, 0.3) is 0 Å². The van der Waals surface area contributed by atoms with Gasteiger partial charge in [-0.1, -0.05) is 17.7 Å². The predicted octanol–water partition coefficient (Wildman–Crippen LogP) is 6.61. The van der Waals surface area contributed by atoms with E-state index in [-0.39, 0.29) is 18.0 Å². The van der Waals surface area contributed by atoms with Gasteiger partial charge < -0.3 is 15.0 Å². The van der Waals surface area contributed by atoms with Crippen molar-refractivity contribution in [3.05, 3.63) is 64.5 Å². The Morgan fingerprint density at radius 3 is 2.68 bits per heavy atom. The topological polar surface area (TPSA) is 53.9 Å². The number of ether oxygens (including phenoxy) is 1. The smallest absolute Gasteiger partial charge is 0.410 e. The molecular weight excluding hydrogens is 417 g/mol. The summed E-state index contributed by atoms with van der Waals surface area (Å²) in [5.74, 6) is -0.336. The molecular formula is C24H25ClFN3O2. The van der Waals surface area contributed by atoms with E-state index in [1.54, 1.807) is 23.1 Å². The Kier molecular flexibility index (Phi) is 5.52. The maximum atomic E-state index is 14.2. The highest BCUT2D eigenvalue weighted by atomic mass is 35.5. The molecule has 2 aromatic rings. The maximum absolute atomic E-state index is 14.2. The highest BCUT2D eigenvalue weighted by Gasteiger charge is 2.31. The summed E-state index contributed by atoms with van der Waals surface area (Å²) >= 11 is 6.20.